The fraction of sp³-hybridized carbons (Fsp3) is 0.615. The van der Waals surface area contributed by atoms with Gasteiger partial charge in [0.1, 0.15) is 11.4 Å². The molecule has 0 aliphatic heterocycles. The molecule has 1 fully saturated rings. The molecule has 1 aliphatic rings. The van der Waals surface area contributed by atoms with Gasteiger partial charge in [0.15, 0.2) is 0 Å². The first-order chi connectivity index (χ1) is 8.49. The highest BCUT2D eigenvalue weighted by Gasteiger charge is 2.32. The molecule has 0 spiro atoms. The van der Waals surface area contributed by atoms with Gasteiger partial charge in [-0.15, -0.1) is 0 Å². The van der Waals surface area contributed by atoms with Crippen LogP contribution < -0.4 is 4.74 Å². The smallest absolute Gasteiger partial charge is 0.433 e. The molecule has 2 nitrogen and oxygen atoms in total. The molecule has 0 unspecified atom stereocenters. The molecule has 0 amide bonds. The van der Waals surface area contributed by atoms with Crippen molar-refractivity contribution >= 4 is 0 Å². The van der Waals surface area contributed by atoms with Gasteiger partial charge < -0.3 is 4.74 Å². The summed E-state index contributed by atoms with van der Waals surface area (Å²) in [6, 6.07) is 2.27. The van der Waals surface area contributed by atoms with Crippen LogP contribution in [0.15, 0.2) is 18.3 Å². The van der Waals surface area contributed by atoms with E-state index in [9.17, 15) is 13.2 Å². The van der Waals surface area contributed by atoms with Crippen LogP contribution in [-0.2, 0) is 6.18 Å². The molecular formula is C13H16F3NO. The van der Waals surface area contributed by atoms with Gasteiger partial charge in [0, 0.05) is 0 Å². The van der Waals surface area contributed by atoms with E-state index in [1.54, 1.807) is 0 Å². The second kappa shape index (κ2) is 5.16. The second-order valence-electron chi connectivity index (χ2n) is 4.80. The molecule has 0 radical (unpaired) electrons. The second-order valence-corrected chi connectivity index (χ2v) is 4.80. The van der Waals surface area contributed by atoms with Gasteiger partial charge >= 0.3 is 6.18 Å². The summed E-state index contributed by atoms with van der Waals surface area (Å²) in [6.45, 7) is 2.74. The number of aromatic nitrogens is 1. The number of alkyl halides is 3. The minimum Gasteiger partial charge on any atom is -0.492 e. The highest BCUT2D eigenvalue weighted by Crippen LogP contribution is 2.36. The van der Waals surface area contributed by atoms with Crippen molar-refractivity contribution in [2.24, 2.45) is 11.8 Å². The van der Waals surface area contributed by atoms with E-state index < -0.39 is 11.9 Å². The Labute approximate surface area is 104 Å². The Balaban J connectivity index is 1.81. The van der Waals surface area contributed by atoms with E-state index in [0.717, 1.165) is 31.0 Å². The molecule has 18 heavy (non-hydrogen) atoms. The first-order valence-electron chi connectivity index (χ1n) is 6.15. The number of ether oxygens (including phenoxy) is 1. The van der Waals surface area contributed by atoms with Gasteiger partial charge in [-0.1, -0.05) is 13.3 Å². The zero-order valence-electron chi connectivity index (χ0n) is 10.2. The quantitative estimate of drug-likeness (QED) is 0.817. The topological polar surface area (TPSA) is 22.1 Å². The van der Waals surface area contributed by atoms with Crippen LogP contribution in [0.25, 0.3) is 0 Å². The molecule has 1 aromatic rings. The van der Waals surface area contributed by atoms with Crippen LogP contribution in [0.5, 0.6) is 5.75 Å². The lowest BCUT2D eigenvalue weighted by Crippen LogP contribution is -2.28. The van der Waals surface area contributed by atoms with Crippen LogP contribution in [0.2, 0.25) is 0 Å². The Hall–Kier alpha value is -1.26. The summed E-state index contributed by atoms with van der Waals surface area (Å²) < 4.78 is 42.3. The minimum atomic E-state index is -4.39. The van der Waals surface area contributed by atoms with Crippen molar-refractivity contribution in [3.05, 3.63) is 24.0 Å². The molecule has 0 N–H and O–H groups in total. The van der Waals surface area contributed by atoms with Gasteiger partial charge in [0.2, 0.25) is 0 Å². The van der Waals surface area contributed by atoms with Crippen molar-refractivity contribution in [2.75, 3.05) is 6.61 Å². The summed E-state index contributed by atoms with van der Waals surface area (Å²) in [7, 11) is 0. The third-order valence-corrected chi connectivity index (χ3v) is 3.42. The fourth-order valence-corrected chi connectivity index (χ4v) is 2.19. The summed E-state index contributed by atoms with van der Waals surface area (Å²) in [6.07, 6.45) is 0.257. The van der Waals surface area contributed by atoms with E-state index >= 15 is 0 Å². The predicted molar refractivity (Wildman–Crippen MR) is 61.2 cm³/mol. The molecular weight excluding hydrogens is 243 g/mol. The third-order valence-electron chi connectivity index (χ3n) is 3.42. The van der Waals surface area contributed by atoms with Crippen molar-refractivity contribution in [2.45, 2.75) is 32.4 Å². The van der Waals surface area contributed by atoms with Gasteiger partial charge in [-0.25, -0.2) is 4.98 Å². The molecule has 5 heteroatoms. The molecule has 1 aliphatic carbocycles. The van der Waals surface area contributed by atoms with E-state index in [1.807, 2.05) is 0 Å². The average molecular weight is 259 g/mol. The summed E-state index contributed by atoms with van der Waals surface area (Å²) >= 11 is 0. The number of hydrogen-bond donors (Lipinski definition) is 0. The number of hydrogen-bond acceptors (Lipinski definition) is 2. The fourth-order valence-electron chi connectivity index (χ4n) is 2.19. The lowest BCUT2D eigenvalue weighted by atomic mass is 9.74. The van der Waals surface area contributed by atoms with Crippen molar-refractivity contribution in [1.82, 2.24) is 4.98 Å². The maximum Gasteiger partial charge on any atom is 0.433 e. The molecule has 2 rings (SSSR count). The zero-order chi connectivity index (χ0) is 13.2. The average Bonchev–Trinajstić information content (AvgIpc) is 2.27. The maximum absolute atomic E-state index is 12.3. The molecule has 1 saturated carbocycles. The van der Waals surface area contributed by atoms with E-state index in [-0.39, 0.29) is 0 Å². The van der Waals surface area contributed by atoms with Gasteiger partial charge in [-0.05, 0) is 36.8 Å². The van der Waals surface area contributed by atoms with Crippen molar-refractivity contribution in [3.8, 4) is 5.75 Å². The van der Waals surface area contributed by atoms with E-state index in [4.69, 9.17) is 4.74 Å². The first kappa shape index (κ1) is 13.2. The molecule has 1 aromatic heterocycles. The Morgan fingerprint density at radius 3 is 2.50 bits per heavy atom. The summed E-state index contributed by atoms with van der Waals surface area (Å²) in [5.74, 6) is 1.74. The highest BCUT2D eigenvalue weighted by atomic mass is 19.4. The van der Waals surface area contributed by atoms with Crippen LogP contribution >= 0.6 is 0 Å². The van der Waals surface area contributed by atoms with Gasteiger partial charge in [-0.2, -0.15) is 13.2 Å². The molecule has 0 bridgehead atoms. The van der Waals surface area contributed by atoms with E-state index in [2.05, 4.69) is 11.9 Å². The zero-order valence-corrected chi connectivity index (χ0v) is 10.2. The summed E-state index contributed by atoms with van der Waals surface area (Å²) in [5.41, 5.74) is -0.885. The maximum atomic E-state index is 12.3. The lowest BCUT2D eigenvalue weighted by Gasteiger charge is -2.34. The normalized spacial score (nSPS) is 23.6. The Kier molecular flexibility index (Phi) is 3.78. The highest BCUT2D eigenvalue weighted by molar-refractivity contribution is 5.21. The Bertz CT molecular complexity index is 382. The number of halogens is 3. The predicted octanol–water partition coefficient (Wildman–Crippen LogP) is 3.92. The van der Waals surface area contributed by atoms with Crippen molar-refractivity contribution in [1.29, 1.82) is 0 Å². The molecule has 0 atom stereocenters. The van der Waals surface area contributed by atoms with Crippen molar-refractivity contribution in [3.63, 3.8) is 0 Å². The minimum absolute atomic E-state index is 0.406. The Morgan fingerprint density at radius 2 is 2.00 bits per heavy atom. The van der Waals surface area contributed by atoms with Gasteiger partial charge in [0.25, 0.3) is 0 Å². The Morgan fingerprint density at radius 1 is 1.28 bits per heavy atom. The van der Waals surface area contributed by atoms with Crippen LogP contribution in [0.3, 0.4) is 0 Å². The number of nitrogens with zero attached hydrogens (tertiary/aromatic N) is 1. The number of rotatable bonds is 4. The van der Waals surface area contributed by atoms with E-state index in [1.165, 1.54) is 12.5 Å². The molecule has 100 valence electrons. The molecule has 0 saturated heterocycles. The number of pyridine rings is 1. The van der Waals surface area contributed by atoms with Crippen LogP contribution in [0.1, 0.15) is 31.9 Å². The summed E-state index contributed by atoms with van der Waals surface area (Å²) in [5, 5.41) is 0. The standard InChI is InChI=1S/C13H16F3NO/c1-2-9-5-10(6-9)8-18-11-3-4-12(17-7-11)13(14,15)16/h3-4,7,9-10H,2,5-6,8H2,1H3. The molecule has 0 aromatic carbocycles. The van der Waals surface area contributed by atoms with Gasteiger partial charge in [0.05, 0.1) is 12.8 Å². The first-order valence-corrected chi connectivity index (χ1v) is 6.15. The SMILES string of the molecule is CCC1CC(COc2ccc(C(F)(F)F)nc2)C1. The summed E-state index contributed by atoms with van der Waals surface area (Å²) in [4.78, 5) is 3.35. The monoisotopic (exact) mass is 259 g/mol. The van der Waals surface area contributed by atoms with Crippen LogP contribution in [0.4, 0.5) is 13.2 Å². The largest absolute Gasteiger partial charge is 0.492 e. The molecule has 1 heterocycles. The van der Waals surface area contributed by atoms with Crippen molar-refractivity contribution < 1.29 is 17.9 Å². The van der Waals surface area contributed by atoms with E-state index in [0.29, 0.717) is 18.3 Å². The van der Waals surface area contributed by atoms with Crippen LogP contribution in [0, 0.1) is 11.8 Å². The lowest BCUT2D eigenvalue weighted by molar-refractivity contribution is -0.141. The van der Waals surface area contributed by atoms with Gasteiger partial charge in [-0.3, -0.25) is 0 Å². The van der Waals surface area contributed by atoms with Crippen LogP contribution in [-0.4, -0.2) is 11.6 Å². The third kappa shape index (κ3) is 3.15.